The van der Waals surface area contributed by atoms with E-state index in [1.54, 1.807) is 19.2 Å². The van der Waals surface area contributed by atoms with Crippen LogP contribution in [0, 0.1) is 13.8 Å². The molecule has 2 aromatic carbocycles. The summed E-state index contributed by atoms with van der Waals surface area (Å²) in [5.41, 5.74) is 5.19. The van der Waals surface area contributed by atoms with Crippen LogP contribution >= 0.6 is 0 Å². The lowest BCUT2D eigenvalue weighted by Crippen LogP contribution is -1.98. The van der Waals surface area contributed by atoms with Gasteiger partial charge in [-0.1, -0.05) is 12.1 Å². The minimum Gasteiger partial charge on any atom is -0.508 e. The van der Waals surface area contributed by atoms with Crippen molar-refractivity contribution in [1.29, 1.82) is 0 Å². The second kappa shape index (κ2) is 7.66. The van der Waals surface area contributed by atoms with Crippen molar-refractivity contribution < 1.29 is 14.9 Å². The van der Waals surface area contributed by atoms with Gasteiger partial charge in [0.2, 0.25) is 0 Å². The van der Waals surface area contributed by atoms with Crippen molar-refractivity contribution in [2.45, 2.75) is 13.8 Å². The minimum absolute atomic E-state index is 0.251. The monoisotopic (exact) mass is 326 g/mol. The molecule has 0 saturated heterocycles. The van der Waals surface area contributed by atoms with E-state index in [0.717, 1.165) is 41.1 Å². The van der Waals surface area contributed by atoms with E-state index >= 15 is 0 Å². The lowest BCUT2D eigenvalue weighted by Gasteiger charge is -2.06. The molecule has 0 spiro atoms. The van der Waals surface area contributed by atoms with Gasteiger partial charge in [-0.3, -0.25) is 0 Å². The summed E-state index contributed by atoms with van der Waals surface area (Å²) in [6, 6.07) is 15.0. The quantitative estimate of drug-likeness (QED) is 0.773. The maximum atomic E-state index is 9.42. The Labute approximate surface area is 141 Å². The van der Waals surface area contributed by atoms with Gasteiger partial charge in [-0.2, -0.15) is 5.10 Å². The van der Waals surface area contributed by atoms with Crippen LogP contribution in [0.4, 0.5) is 0 Å². The number of methoxy groups -OCH3 is 1. The van der Waals surface area contributed by atoms with E-state index in [2.05, 4.69) is 5.10 Å². The molecule has 0 aliphatic carbocycles. The molecule has 0 aliphatic heterocycles. The van der Waals surface area contributed by atoms with Gasteiger partial charge >= 0.3 is 0 Å². The SMILES string of the molecule is CO.COc1ccc(-c2c(C)nn(-c3ccc(O)cc3)c2C)cc1. The smallest absolute Gasteiger partial charge is 0.118 e. The summed E-state index contributed by atoms with van der Waals surface area (Å²) in [4.78, 5) is 0. The molecule has 0 aliphatic rings. The van der Waals surface area contributed by atoms with Crippen molar-refractivity contribution in [3.63, 3.8) is 0 Å². The van der Waals surface area contributed by atoms with Crippen molar-refractivity contribution >= 4 is 0 Å². The second-order valence-corrected chi connectivity index (χ2v) is 5.20. The number of phenols is 1. The summed E-state index contributed by atoms with van der Waals surface area (Å²) in [6.45, 7) is 4.05. The largest absolute Gasteiger partial charge is 0.508 e. The number of rotatable bonds is 3. The van der Waals surface area contributed by atoms with Crippen molar-refractivity contribution in [2.24, 2.45) is 0 Å². The maximum Gasteiger partial charge on any atom is 0.118 e. The Morgan fingerprint density at radius 3 is 2.04 bits per heavy atom. The summed E-state index contributed by atoms with van der Waals surface area (Å²) < 4.78 is 7.10. The fourth-order valence-corrected chi connectivity index (χ4v) is 2.66. The molecule has 0 saturated carbocycles. The van der Waals surface area contributed by atoms with E-state index in [-0.39, 0.29) is 5.75 Å². The van der Waals surface area contributed by atoms with Crippen LogP contribution in [0.5, 0.6) is 11.5 Å². The fourth-order valence-electron chi connectivity index (χ4n) is 2.66. The molecule has 0 amide bonds. The molecular weight excluding hydrogens is 304 g/mol. The average Bonchev–Trinajstić information content (AvgIpc) is 2.92. The highest BCUT2D eigenvalue weighted by Gasteiger charge is 2.14. The molecule has 0 radical (unpaired) electrons. The third kappa shape index (κ3) is 3.41. The van der Waals surface area contributed by atoms with Gasteiger partial charge in [-0.05, 0) is 55.8 Å². The van der Waals surface area contributed by atoms with Gasteiger partial charge in [-0.15, -0.1) is 0 Å². The number of hydrogen-bond donors (Lipinski definition) is 2. The van der Waals surface area contributed by atoms with Gasteiger partial charge in [0.15, 0.2) is 0 Å². The lowest BCUT2D eigenvalue weighted by atomic mass is 10.0. The normalized spacial score (nSPS) is 10.0. The van der Waals surface area contributed by atoms with Crippen molar-refractivity contribution in [2.75, 3.05) is 14.2 Å². The topological polar surface area (TPSA) is 67.5 Å². The summed E-state index contributed by atoms with van der Waals surface area (Å²) in [6.07, 6.45) is 0. The van der Waals surface area contributed by atoms with Crippen LogP contribution in [0.2, 0.25) is 0 Å². The summed E-state index contributed by atoms with van der Waals surface area (Å²) in [7, 11) is 2.66. The molecule has 0 unspecified atom stereocenters. The number of phenolic OH excluding ortho intramolecular Hbond substituents is 1. The average molecular weight is 326 g/mol. The summed E-state index contributed by atoms with van der Waals surface area (Å²) in [5.74, 6) is 1.09. The Balaban J connectivity index is 0.00000100. The molecule has 0 fully saturated rings. The first-order valence-electron chi connectivity index (χ1n) is 7.55. The molecule has 0 atom stereocenters. The Hall–Kier alpha value is -2.79. The lowest BCUT2D eigenvalue weighted by molar-refractivity contribution is 0.399. The zero-order valence-corrected chi connectivity index (χ0v) is 14.3. The number of aryl methyl sites for hydroxylation is 1. The predicted octanol–water partition coefficient (Wildman–Crippen LogP) is 3.48. The number of aromatic hydroxyl groups is 1. The van der Waals surface area contributed by atoms with E-state index in [1.807, 2.05) is 54.9 Å². The van der Waals surface area contributed by atoms with Gasteiger partial charge in [0.1, 0.15) is 11.5 Å². The van der Waals surface area contributed by atoms with E-state index in [9.17, 15) is 5.11 Å². The summed E-state index contributed by atoms with van der Waals surface area (Å²) in [5, 5.41) is 21.1. The van der Waals surface area contributed by atoms with E-state index in [1.165, 1.54) is 0 Å². The number of aliphatic hydroxyl groups is 1. The Bertz CT molecular complexity index is 791. The van der Waals surface area contributed by atoms with Gasteiger partial charge in [0.05, 0.1) is 18.5 Å². The number of nitrogens with zero attached hydrogens (tertiary/aromatic N) is 2. The Morgan fingerprint density at radius 1 is 0.917 bits per heavy atom. The van der Waals surface area contributed by atoms with Gasteiger partial charge in [0, 0.05) is 18.4 Å². The van der Waals surface area contributed by atoms with Crippen LogP contribution in [0.15, 0.2) is 48.5 Å². The molecule has 3 aromatic rings. The molecule has 1 aromatic heterocycles. The zero-order valence-electron chi connectivity index (χ0n) is 14.3. The molecule has 5 nitrogen and oxygen atoms in total. The van der Waals surface area contributed by atoms with Gasteiger partial charge in [0.25, 0.3) is 0 Å². The van der Waals surface area contributed by atoms with Crippen LogP contribution in [0.25, 0.3) is 16.8 Å². The molecule has 0 bridgehead atoms. The molecule has 24 heavy (non-hydrogen) atoms. The first kappa shape index (κ1) is 17.6. The second-order valence-electron chi connectivity index (χ2n) is 5.20. The molecule has 5 heteroatoms. The third-order valence-corrected chi connectivity index (χ3v) is 3.76. The number of ether oxygens (including phenoxy) is 1. The van der Waals surface area contributed by atoms with E-state index in [0.29, 0.717) is 0 Å². The van der Waals surface area contributed by atoms with E-state index in [4.69, 9.17) is 9.84 Å². The highest BCUT2D eigenvalue weighted by atomic mass is 16.5. The molecule has 3 rings (SSSR count). The standard InChI is InChI=1S/C18H18N2O2.CH4O/c1-12-18(14-4-10-17(22-3)11-5-14)13(2)20(19-12)15-6-8-16(21)9-7-15;1-2/h4-11,21H,1-3H3;2H,1H3. The molecule has 2 N–H and O–H groups in total. The molecule has 1 heterocycles. The van der Waals surface area contributed by atoms with Crippen LogP contribution in [-0.2, 0) is 0 Å². The van der Waals surface area contributed by atoms with E-state index < -0.39 is 0 Å². The van der Waals surface area contributed by atoms with Crippen molar-refractivity contribution in [3.05, 3.63) is 59.9 Å². The molecular formula is C19H22N2O3. The van der Waals surface area contributed by atoms with Gasteiger partial charge in [-0.25, -0.2) is 4.68 Å². The zero-order chi connectivity index (χ0) is 17.7. The Morgan fingerprint density at radius 2 is 1.50 bits per heavy atom. The third-order valence-electron chi connectivity index (χ3n) is 3.76. The predicted molar refractivity (Wildman–Crippen MR) is 94.8 cm³/mol. The van der Waals surface area contributed by atoms with Gasteiger partial charge < -0.3 is 14.9 Å². The van der Waals surface area contributed by atoms with Crippen molar-refractivity contribution in [3.8, 4) is 28.3 Å². The van der Waals surface area contributed by atoms with Crippen LogP contribution in [-0.4, -0.2) is 34.2 Å². The maximum absolute atomic E-state index is 9.42. The van der Waals surface area contributed by atoms with Crippen LogP contribution in [0.3, 0.4) is 0 Å². The van der Waals surface area contributed by atoms with Crippen LogP contribution < -0.4 is 4.74 Å². The first-order chi connectivity index (χ1) is 11.6. The molecule has 126 valence electrons. The van der Waals surface area contributed by atoms with Crippen LogP contribution in [0.1, 0.15) is 11.4 Å². The highest BCUT2D eigenvalue weighted by molar-refractivity contribution is 5.69. The first-order valence-corrected chi connectivity index (χ1v) is 7.55. The highest BCUT2D eigenvalue weighted by Crippen LogP contribution is 2.30. The number of aromatic nitrogens is 2. The fraction of sp³-hybridized carbons (Fsp3) is 0.211. The summed E-state index contributed by atoms with van der Waals surface area (Å²) >= 11 is 0. The number of hydrogen-bond acceptors (Lipinski definition) is 4. The number of benzene rings is 2. The number of aliphatic hydroxyl groups excluding tert-OH is 1. The van der Waals surface area contributed by atoms with Crippen molar-refractivity contribution in [1.82, 2.24) is 9.78 Å². The minimum atomic E-state index is 0.251. The Kier molecular flexibility index (Phi) is 5.60.